The summed E-state index contributed by atoms with van der Waals surface area (Å²) in [6.45, 7) is 8.40. The third-order valence-corrected chi connectivity index (χ3v) is 5.89. The van der Waals surface area contributed by atoms with E-state index >= 15 is 0 Å². The van der Waals surface area contributed by atoms with Gasteiger partial charge in [0, 0.05) is 36.3 Å². The molecule has 0 spiro atoms. The molecule has 1 amide bonds. The van der Waals surface area contributed by atoms with Crippen LogP contribution < -0.4 is 0 Å². The maximum Gasteiger partial charge on any atom is 0.410 e. The maximum absolute atomic E-state index is 11.9. The SMILES string of the molecule is CSc1ccc(C(C)SC(=N)N2CCN(C(=O)OC(C)C)CC2)cc1. The lowest BCUT2D eigenvalue weighted by atomic mass is 10.2. The fourth-order valence-corrected chi connectivity index (χ4v) is 3.92. The third kappa shape index (κ3) is 5.85. The number of piperazine rings is 1. The van der Waals surface area contributed by atoms with Gasteiger partial charge in [-0.25, -0.2) is 4.79 Å². The maximum atomic E-state index is 11.9. The minimum absolute atomic E-state index is 0.0993. The van der Waals surface area contributed by atoms with Crippen LogP contribution in [-0.2, 0) is 4.74 Å². The van der Waals surface area contributed by atoms with Gasteiger partial charge in [-0.3, -0.25) is 5.41 Å². The number of amidine groups is 1. The predicted molar refractivity (Wildman–Crippen MR) is 107 cm³/mol. The monoisotopic (exact) mass is 381 g/mol. The quantitative estimate of drug-likeness (QED) is 0.479. The Bertz CT molecular complexity index is 584. The Labute approximate surface area is 159 Å². The first kappa shape index (κ1) is 20.0. The van der Waals surface area contributed by atoms with Crippen LogP contribution in [0.5, 0.6) is 0 Å². The molecule has 1 aliphatic heterocycles. The van der Waals surface area contributed by atoms with Crippen molar-refractivity contribution in [2.75, 3.05) is 32.4 Å². The molecule has 2 rings (SSSR count). The van der Waals surface area contributed by atoms with E-state index in [1.165, 1.54) is 10.5 Å². The number of rotatable bonds is 4. The van der Waals surface area contributed by atoms with Crippen molar-refractivity contribution in [3.05, 3.63) is 29.8 Å². The Kier molecular flexibility index (Phi) is 7.50. The summed E-state index contributed by atoms with van der Waals surface area (Å²) >= 11 is 3.29. The van der Waals surface area contributed by atoms with Crippen molar-refractivity contribution < 1.29 is 9.53 Å². The highest BCUT2D eigenvalue weighted by Crippen LogP contribution is 2.31. The summed E-state index contributed by atoms with van der Waals surface area (Å²) in [6.07, 6.45) is 1.72. The van der Waals surface area contributed by atoms with Gasteiger partial charge in [-0.05, 0) is 44.7 Å². The van der Waals surface area contributed by atoms with Crippen LogP contribution in [0.1, 0.15) is 31.6 Å². The topological polar surface area (TPSA) is 56.6 Å². The van der Waals surface area contributed by atoms with E-state index in [0.717, 1.165) is 0 Å². The first-order valence-electron chi connectivity index (χ1n) is 8.50. The fraction of sp³-hybridized carbons (Fsp3) is 0.556. The number of amides is 1. The molecule has 25 heavy (non-hydrogen) atoms. The molecule has 1 aliphatic rings. The van der Waals surface area contributed by atoms with Crippen LogP contribution in [-0.4, -0.2) is 59.6 Å². The van der Waals surface area contributed by atoms with Crippen LogP contribution in [0.15, 0.2) is 29.2 Å². The molecule has 0 bridgehead atoms. The number of hydrogen-bond donors (Lipinski definition) is 1. The second-order valence-electron chi connectivity index (χ2n) is 6.25. The molecule has 0 radical (unpaired) electrons. The summed E-state index contributed by atoms with van der Waals surface area (Å²) in [4.78, 5) is 16.9. The number of thioether (sulfide) groups is 2. The molecule has 1 heterocycles. The standard InChI is InChI=1S/C18H27N3O2S2/c1-13(2)23-18(22)21-11-9-20(10-12-21)17(19)25-14(3)15-5-7-16(24-4)8-6-15/h5-8,13-14,19H,9-12H2,1-4H3. The van der Waals surface area contributed by atoms with E-state index in [1.54, 1.807) is 28.4 Å². The van der Waals surface area contributed by atoms with Crippen molar-refractivity contribution in [1.82, 2.24) is 9.80 Å². The van der Waals surface area contributed by atoms with Crippen LogP contribution in [0.25, 0.3) is 0 Å². The molecule has 0 aliphatic carbocycles. The van der Waals surface area contributed by atoms with Crippen LogP contribution >= 0.6 is 23.5 Å². The van der Waals surface area contributed by atoms with E-state index in [1.807, 2.05) is 18.7 Å². The van der Waals surface area contributed by atoms with E-state index in [4.69, 9.17) is 10.1 Å². The lowest BCUT2D eigenvalue weighted by Crippen LogP contribution is -2.50. The Morgan fingerprint density at radius 1 is 1.08 bits per heavy atom. The van der Waals surface area contributed by atoms with Gasteiger partial charge in [0.05, 0.1) is 6.10 Å². The van der Waals surface area contributed by atoms with Crippen LogP contribution in [0.4, 0.5) is 4.79 Å². The molecule has 1 N–H and O–H groups in total. The summed E-state index contributed by atoms with van der Waals surface area (Å²) in [5.41, 5.74) is 1.23. The normalized spacial score (nSPS) is 16.0. The number of carbonyl (C=O) groups excluding carboxylic acids is 1. The summed E-state index contributed by atoms with van der Waals surface area (Å²) in [6, 6.07) is 8.52. The predicted octanol–water partition coefficient (Wildman–Crippen LogP) is 4.30. The van der Waals surface area contributed by atoms with Crippen molar-refractivity contribution >= 4 is 34.8 Å². The summed E-state index contributed by atoms with van der Waals surface area (Å²) in [5.74, 6) is 0. The Morgan fingerprint density at radius 3 is 2.16 bits per heavy atom. The van der Waals surface area contributed by atoms with Crippen LogP contribution in [0, 0.1) is 5.41 Å². The smallest absolute Gasteiger partial charge is 0.410 e. The Balaban J connectivity index is 1.82. The molecule has 5 nitrogen and oxygen atoms in total. The molecule has 1 fully saturated rings. The average molecular weight is 382 g/mol. The van der Waals surface area contributed by atoms with Crippen molar-refractivity contribution in [3.8, 4) is 0 Å². The van der Waals surface area contributed by atoms with E-state index in [-0.39, 0.29) is 17.4 Å². The second-order valence-corrected chi connectivity index (χ2v) is 8.45. The van der Waals surface area contributed by atoms with Gasteiger partial charge in [-0.1, -0.05) is 23.9 Å². The highest BCUT2D eigenvalue weighted by atomic mass is 32.2. The van der Waals surface area contributed by atoms with Crippen LogP contribution in [0.3, 0.4) is 0 Å². The van der Waals surface area contributed by atoms with E-state index < -0.39 is 0 Å². The van der Waals surface area contributed by atoms with Gasteiger partial charge in [0.2, 0.25) is 0 Å². The number of benzene rings is 1. The third-order valence-electron chi connectivity index (χ3n) is 4.04. The van der Waals surface area contributed by atoms with Crippen molar-refractivity contribution in [2.45, 2.75) is 37.0 Å². The molecule has 0 aromatic heterocycles. The number of hydrogen-bond acceptors (Lipinski definition) is 5. The van der Waals surface area contributed by atoms with Gasteiger partial charge in [0.25, 0.3) is 0 Å². The molecular weight excluding hydrogens is 354 g/mol. The highest BCUT2D eigenvalue weighted by Gasteiger charge is 2.25. The zero-order valence-electron chi connectivity index (χ0n) is 15.3. The zero-order chi connectivity index (χ0) is 18.4. The van der Waals surface area contributed by atoms with Gasteiger partial charge in [0.15, 0.2) is 5.17 Å². The summed E-state index contributed by atoms with van der Waals surface area (Å²) in [5, 5.41) is 9.17. The van der Waals surface area contributed by atoms with E-state index in [9.17, 15) is 4.79 Å². The highest BCUT2D eigenvalue weighted by molar-refractivity contribution is 8.13. The molecular formula is C18H27N3O2S2. The fourth-order valence-electron chi connectivity index (χ4n) is 2.55. The Hall–Kier alpha value is -1.34. The van der Waals surface area contributed by atoms with Gasteiger partial charge in [0.1, 0.15) is 0 Å². The first-order chi connectivity index (χ1) is 11.9. The lowest BCUT2D eigenvalue weighted by molar-refractivity contribution is 0.0659. The summed E-state index contributed by atoms with van der Waals surface area (Å²) in [7, 11) is 0. The molecule has 1 aromatic rings. The van der Waals surface area contributed by atoms with Crippen molar-refractivity contribution in [1.29, 1.82) is 5.41 Å². The Morgan fingerprint density at radius 2 is 1.64 bits per heavy atom. The van der Waals surface area contributed by atoms with Crippen molar-refractivity contribution in [3.63, 3.8) is 0 Å². The minimum atomic E-state index is -0.254. The van der Waals surface area contributed by atoms with E-state index in [2.05, 4.69) is 37.4 Å². The van der Waals surface area contributed by atoms with Gasteiger partial charge >= 0.3 is 6.09 Å². The van der Waals surface area contributed by atoms with Crippen molar-refractivity contribution in [2.24, 2.45) is 0 Å². The molecule has 1 aromatic carbocycles. The van der Waals surface area contributed by atoms with E-state index in [0.29, 0.717) is 31.3 Å². The number of carbonyl (C=O) groups is 1. The summed E-state index contributed by atoms with van der Waals surface area (Å²) < 4.78 is 5.23. The van der Waals surface area contributed by atoms with Gasteiger partial charge in [-0.2, -0.15) is 0 Å². The largest absolute Gasteiger partial charge is 0.447 e. The number of nitrogens with one attached hydrogen (secondary N) is 1. The number of nitrogens with zero attached hydrogens (tertiary/aromatic N) is 2. The molecule has 7 heteroatoms. The molecule has 0 saturated carbocycles. The van der Waals surface area contributed by atoms with Crippen LogP contribution in [0.2, 0.25) is 0 Å². The molecule has 138 valence electrons. The molecule has 1 atom stereocenters. The van der Waals surface area contributed by atoms with Gasteiger partial charge < -0.3 is 14.5 Å². The minimum Gasteiger partial charge on any atom is -0.447 e. The average Bonchev–Trinajstić information content (AvgIpc) is 2.61. The molecule has 1 unspecified atom stereocenters. The first-order valence-corrected chi connectivity index (χ1v) is 10.6. The number of ether oxygens (including phenoxy) is 1. The zero-order valence-corrected chi connectivity index (χ0v) is 17.0. The second kappa shape index (κ2) is 9.38. The lowest BCUT2D eigenvalue weighted by Gasteiger charge is -2.35. The van der Waals surface area contributed by atoms with Gasteiger partial charge in [-0.15, -0.1) is 11.8 Å². The molecule has 1 saturated heterocycles.